The van der Waals surface area contributed by atoms with Crippen LogP contribution < -0.4 is 4.90 Å². The summed E-state index contributed by atoms with van der Waals surface area (Å²) in [4.78, 5) is 12.6. The van der Waals surface area contributed by atoms with Gasteiger partial charge in [0.15, 0.2) is 0 Å². The molecule has 1 heterocycles. The number of rotatable bonds is 1. The van der Waals surface area contributed by atoms with Crippen LogP contribution in [0.25, 0.3) is 0 Å². The van der Waals surface area contributed by atoms with E-state index in [1.54, 1.807) is 0 Å². The summed E-state index contributed by atoms with van der Waals surface area (Å²) in [5.74, 6) is -1.88. The van der Waals surface area contributed by atoms with E-state index in [-0.39, 0.29) is 29.0 Å². The molecule has 1 saturated heterocycles. The third kappa shape index (κ3) is 1.94. The second-order valence-electron chi connectivity index (χ2n) is 3.58. The Morgan fingerprint density at radius 1 is 1.44 bits per heavy atom. The van der Waals surface area contributed by atoms with Crippen LogP contribution in [0.4, 0.5) is 14.5 Å². The smallest absolute Gasteiger partial charge is 0.229 e. The minimum Gasteiger partial charge on any atom is -0.391 e. The van der Waals surface area contributed by atoms with Crippen LogP contribution in [0.15, 0.2) is 16.6 Å². The van der Waals surface area contributed by atoms with E-state index >= 15 is 0 Å². The highest BCUT2D eigenvalue weighted by Crippen LogP contribution is 2.32. The molecule has 1 N–H and O–H groups in total. The molecular formula is C10H8BrF2NO2. The van der Waals surface area contributed by atoms with Gasteiger partial charge in [-0.15, -0.1) is 0 Å². The number of nitrogens with zero attached hydrogens (tertiary/aromatic N) is 1. The van der Waals surface area contributed by atoms with Gasteiger partial charge in [-0.2, -0.15) is 0 Å². The molecule has 1 aliphatic rings. The summed E-state index contributed by atoms with van der Waals surface area (Å²) in [5.41, 5.74) is 0.110. The SMILES string of the molecule is O=C1CC(O)CN1c1cc(F)cc(F)c1Br. The van der Waals surface area contributed by atoms with E-state index < -0.39 is 17.7 Å². The molecule has 2 rings (SSSR count). The maximum Gasteiger partial charge on any atom is 0.229 e. The lowest BCUT2D eigenvalue weighted by atomic mass is 10.2. The van der Waals surface area contributed by atoms with Crippen molar-refractivity contribution in [1.82, 2.24) is 0 Å². The van der Waals surface area contributed by atoms with Crippen LogP contribution in [0.2, 0.25) is 0 Å². The van der Waals surface area contributed by atoms with Gasteiger partial charge >= 0.3 is 0 Å². The lowest BCUT2D eigenvalue weighted by Crippen LogP contribution is -2.26. The first-order valence-corrected chi connectivity index (χ1v) is 5.41. The molecule has 0 saturated carbocycles. The number of carbonyl (C=O) groups excluding carboxylic acids is 1. The summed E-state index contributed by atoms with van der Waals surface area (Å²) >= 11 is 2.95. The second-order valence-corrected chi connectivity index (χ2v) is 4.38. The lowest BCUT2D eigenvalue weighted by molar-refractivity contribution is -0.117. The van der Waals surface area contributed by atoms with Crippen LogP contribution in [-0.4, -0.2) is 23.7 Å². The molecule has 0 bridgehead atoms. The van der Waals surface area contributed by atoms with Gasteiger partial charge < -0.3 is 10.0 Å². The van der Waals surface area contributed by atoms with Crippen LogP contribution >= 0.6 is 15.9 Å². The van der Waals surface area contributed by atoms with Gasteiger partial charge in [0.1, 0.15) is 11.6 Å². The number of carbonyl (C=O) groups is 1. The number of aliphatic hydroxyl groups excluding tert-OH is 1. The van der Waals surface area contributed by atoms with E-state index in [4.69, 9.17) is 0 Å². The zero-order chi connectivity index (χ0) is 11.9. The summed E-state index contributed by atoms with van der Waals surface area (Å²) in [6, 6.07) is 1.79. The maximum atomic E-state index is 13.2. The molecule has 86 valence electrons. The molecule has 1 fully saturated rings. The Morgan fingerprint density at radius 2 is 2.12 bits per heavy atom. The van der Waals surface area contributed by atoms with Gasteiger partial charge in [0, 0.05) is 6.07 Å². The maximum absolute atomic E-state index is 13.2. The Hall–Kier alpha value is -1.01. The monoisotopic (exact) mass is 291 g/mol. The second kappa shape index (κ2) is 4.10. The lowest BCUT2D eigenvalue weighted by Gasteiger charge is -2.17. The first-order chi connectivity index (χ1) is 7.49. The van der Waals surface area contributed by atoms with E-state index in [1.165, 1.54) is 4.90 Å². The fraction of sp³-hybridized carbons (Fsp3) is 0.300. The van der Waals surface area contributed by atoms with Crippen LogP contribution in [0.1, 0.15) is 6.42 Å². The number of anilines is 1. The van der Waals surface area contributed by atoms with Crippen LogP contribution in [0, 0.1) is 11.6 Å². The standard InChI is InChI=1S/C10H8BrF2NO2/c11-10-7(13)1-5(12)2-8(10)14-4-6(15)3-9(14)16/h1-2,6,15H,3-4H2. The minimum absolute atomic E-state index is 0.0232. The Labute approximate surface area is 98.8 Å². The topological polar surface area (TPSA) is 40.5 Å². The summed E-state index contributed by atoms with van der Waals surface area (Å²) in [7, 11) is 0. The molecule has 0 radical (unpaired) electrons. The first-order valence-electron chi connectivity index (χ1n) is 4.62. The van der Waals surface area contributed by atoms with Gasteiger partial charge in [-0.3, -0.25) is 4.79 Å². The normalized spacial score (nSPS) is 20.6. The van der Waals surface area contributed by atoms with Gasteiger partial charge in [-0.25, -0.2) is 8.78 Å². The average Bonchev–Trinajstić information content (AvgIpc) is 2.51. The van der Waals surface area contributed by atoms with E-state index in [0.717, 1.165) is 12.1 Å². The average molecular weight is 292 g/mol. The van der Waals surface area contributed by atoms with Crippen LogP contribution in [0.5, 0.6) is 0 Å². The number of aliphatic hydroxyl groups is 1. The van der Waals surface area contributed by atoms with Crippen molar-refractivity contribution in [3.05, 3.63) is 28.2 Å². The molecule has 0 aromatic heterocycles. The van der Waals surface area contributed by atoms with Gasteiger partial charge in [-0.05, 0) is 22.0 Å². The summed E-state index contributed by atoms with van der Waals surface area (Å²) in [6.45, 7) is 0.0559. The fourth-order valence-corrected chi connectivity index (χ4v) is 2.10. The van der Waals surface area contributed by atoms with Crippen molar-refractivity contribution in [3.8, 4) is 0 Å². The Balaban J connectivity index is 2.44. The molecule has 16 heavy (non-hydrogen) atoms. The molecule has 1 aliphatic heterocycles. The quantitative estimate of drug-likeness (QED) is 0.802. The highest BCUT2D eigenvalue weighted by molar-refractivity contribution is 9.10. The van der Waals surface area contributed by atoms with Gasteiger partial charge in [0.25, 0.3) is 0 Å². The Kier molecular flexibility index (Phi) is 2.94. The zero-order valence-electron chi connectivity index (χ0n) is 8.08. The third-order valence-corrected chi connectivity index (χ3v) is 3.15. The zero-order valence-corrected chi connectivity index (χ0v) is 9.67. The number of hydrogen-bond donors (Lipinski definition) is 1. The molecule has 0 aliphatic carbocycles. The molecule has 1 aromatic rings. The largest absolute Gasteiger partial charge is 0.391 e. The summed E-state index contributed by atoms with van der Waals surface area (Å²) < 4.78 is 26.3. The highest BCUT2D eigenvalue weighted by atomic mass is 79.9. The molecule has 1 unspecified atom stereocenters. The molecule has 6 heteroatoms. The summed E-state index contributed by atoms with van der Waals surface area (Å²) in [5, 5.41) is 9.30. The molecular weight excluding hydrogens is 284 g/mol. The van der Waals surface area contributed by atoms with Crippen LogP contribution in [-0.2, 0) is 4.79 Å². The van der Waals surface area contributed by atoms with Crippen molar-refractivity contribution < 1.29 is 18.7 Å². The molecule has 1 aromatic carbocycles. The predicted octanol–water partition coefficient (Wildman–Crippen LogP) is 1.82. The number of β-amino-alcohol motifs (C(OH)–C–C–N with tert-alkyl or cyclic N) is 1. The van der Waals surface area contributed by atoms with Gasteiger partial charge in [0.05, 0.1) is 29.2 Å². The number of benzene rings is 1. The van der Waals surface area contributed by atoms with Crippen molar-refractivity contribution >= 4 is 27.5 Å². The van der Waals surface area contributed by atoms with Gasteiger partial charge in [-0.1, -0.05) is 0 Å². The highest BCUT2D eigenvalue weighted by Gasteiger charge is 2.31. The van der Waals surface area contributed by atoms with Crippen molar-refractivity contribution in [2.45, 2.75) is 12.5 Å². The molecule has 1 amide bonds. The van der Waals surface area contributed by atoms with Crippen molar-refractivity contribution in [2.75, 3.05) is 11.4 Å². The van der Waals surface area contributed by atoms with Crippen molar-refractivity contribution in [3.63, 3.8) is 0 Å². The molecule has 1 atom stereocenters. The number of amides is 1. The van der Waals surface area contributed by atoms with E-state index in [1.807, 2.05) is 0 Å². The number of hydrogen-bond acceptors (Lipinski definition) is 2. The number of halogens is 3. The van der Waals surface area contributed by atoms with E-state index in [0.29, 0.717) is 0 Å². The first kappa shape index (κ1) is 11.5. The van der Waals surface area contributed by atoms with E-state index in [2.05, 4.69) is 15.9 Å². The molecule has 0 spiro atoms. The fourth-order valence-electron chi connectivity index (χ4n) is 1.66. The van der Waals surface area contributed by atoms with Crippen molar-refractivity contribution in [1.29, 1.82) is 0 Å². The van der Waals surface area contributed by atoms with Gasteiger partial charge in [0.2, 0.25) is 5.91 Å². The minimum atomic E-state index is -0.786. The third-order valence-electron chi connectivity index (χ3n) is 2.37. The summed E-state index contributed by atoms with van der Waals surface area (Å²) in [6.07, 6.45) is -0.810. The Morgan fingerprint density at radius 3 is 2.69 bits per heavy atom. The molecule has 3 nitrogen and oxygen atoms in total. The predicted molar refractivity (Wildman–Crippen MR) is 57.0 cm³/mol. The van der Waals surface area contributed by atoms with E-state index in [9.17, 15) is 18.7 Å². The Bertz CT molecular complexity index is 453. The van der Waals surface area contributed by atoms with Crippen LogP contribution in [0.3, 0.4) is 0 Å². The van der Waals surface area contributed by atoms with Crippen molar-refractivity contribution in [2.24, 2.45) is 0 Å².